The van der Waals surface area contributed by atoms with Gasteiger partial charge in [-0.3, -0.25) is 0 Å². The van der Waals surface area contributed by atoms with E-state index in [1.165, 1.54) is 280 Å². The molecule has 4 aliphatic carbocycles. The Kier molecular flexibility index (Phi) is 17.1. The molecule has 7 aromatic rings. The molecule has 3 atom stereocenters. The van der Waals surface area contributed by atoms with Crippen LogP contribution in [0.1, 0.15) is 52.3 Å². The fraction of sp³-hybridized carbons (Fsp3) is 0.0833. The molecule has 0 bridgehead atoms. The van der Waals surface area contributed by atoms with Crippen molar-refractivity contribution >= 4 is 458 Å². The molecule has 0 radical (unpaired) electrons. The molecule has 0 saturated carbocycles. The van der Waals surface area contributed by atoms with E-state index in [4.69, 9.17) is 13.9 Å². The summed E-state index contributed by atoms with van der Waals surface area (Å²) in [5.74, 6) is 3.29. The summed E-state index contributed by atoms with van der Waals surface area (Å²) >= 11 is 0. The first-order valence-electron chi connectivity index (χ1n) is 35.5. The van der Waals surface area contributed by atoms with Crippen molar-refractivity contribution < 1.29 is 0 Å². The summed E-state index contributed by atoms with van der Waals surface area (Å²) in [7, 11) is 84.8. The topological polar surface area (TPSA) is 3.24 Å². The second-order valence-electron chi connectivity index (χ2n) is 31.3. The number of benzene rings is 7. The maximum atomic E-state index is 6.35. The van der Waals surface area contributed by atoms with Gasteiger partial charge in [-0.15, -0.1) is 21.9 Å². The zero-order valence-corrected chi connectivity index (χ0v) is 65.1. The van der Waals surface area contributed by atoms with Crippen LogP contribution in [0, 0.1) is 12.3 Å². The van der Waals surface area contributed by atoms with Crippen molar-refractivity contribution in [1.29, 1.82) is 0 Å². The maximum absolute atomic E-state index is 6.35. The molecular formula is C60H75B34N. The van der Waals surface area contributed by atoms with Gasteiger partial charge in [-0.05, 0) is 5.39 Å². The number of anilines is 1. The fourth-order valence-electron chi connectivity index (χ4n) is 20.0. The van der Waals surface area contributed by atoms with Gasteiger partial charge in [-0.25, -0.2) is 0 Å². The van der Waals surface area contributed by atoms with Crippen molar-refractivity contribution in [3.05, 3.63) is 99.5 Å². The van der Waals surface area contributed by atoms with E-state index in [0.717, 1.165) is 17.3 Å². The summed E-state index contributed by atoms with van der Waals surface area (Å²) in [4.78, 5) is 2.96. The number of allylic oxidation sites excluding steroid dienone is 13. The second-order valence-corrected chi connectivity index (χ2v) is 31.3. The Morgan fingerprint density at radius 3 is 1.27 bits per heavy atom. The number of fused-ring (bicyclic) bond motifs is 13. The second kappa shape index (κ2) is 23.4. The molecule has 95 heavy (non-hydrogen) atoms. The fourth-order valence-corrected chi connectivity index (χ4v) is 20.0. The molecule has 0 aromatic heterocycles. The van der Waals surface area contributed by atoms with Gasteiger partial charge in [0, 0.05) is 0 Å². The van der Waals surface area contributed by atoms with Gasteiger partial charge in [-0.1, -0.05) is 16.4 Å². The SMILES string of the molecule is B=C(B)C1=C(/C(B)=C(/B)C)C2(C/C(=C(B)\C(B)=C(\B)C#C)c3c(B)c(B)c(B)c(B)c32)c2c(B)c(B)c(B)c(C3=C(B)C(c4c(B)c(B)c5c6c(B)c(B)c(B)c(B)c6c6c(B)c(B)c(B)c(B)c6c5c4B)=C4c5c(B)c(B)c(B)c(B)c5N(C5=C(B)C(B)=C(B)C5B)C34)c21. The van der Waals surface area contributed by atoms with Crippen molar-refractivity contribution in [2.45, 2.75) is 30.6 Å². The number of nitrogens with zero attached hydrogens (tertiary/aromatic N) is 1. The molecule has 422 valence electrons. The van der Waals surface area contributed by atoms with E-state index in [1.807, 2.05) is 0 Å². The van der Waals surface area contributed by atoms with Gasteiger partial charge in [-0.2, -0.15) is 0 Å². The van der Waals surface area contributed by atoms with Crippen LogP contribution in [0.15, 0.2) is 60.5 Å². The molecule has 3 unspecified atom stereocenters. The van der Waals surface area contributed by atoms with Crippen molar-refractivity contribution in [1.82, 2.24) is 0 Å². The number of rotatable bonds is 6. The van der Waals surface area contributed by atoms with E-state index < -0.39 is 5.41 Å². The van der Waals surface area contributed by atoms with E-state index in [0.29, 0.717) is 0 Å². The first kappa shape index (κ1) is 69.6. The third kappa shape index (κ3) is 8.77. The van der Waals surface area contributed by atoms with Gasteiger partial charge in [0.2, 0.25) is 0 Å². The van der Waals surface area contributed by atoms with Crippen LogP contribution >= 0.6 is 0 Å². The van der Waals surface area contributed by atoms with Crippen LogP contribution in [0.5, 0.6) is 0 Å². The van der Waals surface area contributed by atoms with Gasteiger partial charge in [0.1, 0.15) is 62.8 Å². The molecule has 12 rings (SSSR count). The summed E-state index contributed by atoms with van der Waals surface area (Å²) in [6.45, 7) is 2.35. The Balaban J connectivity index is 1.37. The molecule has 5 aliphatic rings. The number of hydrogen-bond acceptors (Lipinski definition) is 1. The first-order chi connectivity index (χ1) is 44.3. The predicted octanol–water partition coefficient (Wildman–Crippen LogP) is -36.2. The van der Waals surface area contributed by atoms with Gasteiger partial charge >= 0.3 is 499 Å². The van der Waals surface area contributed by atoms with E-state index >= 15 is 0 Å². The van der Waals surface area contributed by atoms with Crippen molar-refractivity contribution in [3.63, 3.8) is 0 Å². The molecule has 0 N–H and O–H groups in total. The van der Waals surface area contributed by atoms with E-state index in [9.17, 15) is 0 Å². The van der Waals surface area contributed by atoms with Gasteiger partial charge in [0.15, 0.2) is 0 Å². The molecule has 1 aliphatic heterocycles. The third-order valence-corrected chi connectivity index (χ3v) is 27.8. The summed E-state index contributed by atoms with van der Waals surface area (Å²) < 4.78 is 0. The Bertz CT molecular complexity index is 5310. The zero-order valence-electron chi connectivity index (χ0n) is 65.1. The van der Waals surface area contributed by atoms with E-state index in [1.54, 1.807) is 0 Å². The van der Waals surface area contributed by atoms with E-state index in [-0.39, 0.29) is 11.9 Å². The van der Waals surface area contributed by atoms with Crippen LogP contribution in [0.25, 0.3) is 60.2 Å². The third-order valence-electron chi connectivity index (χ3n) is 27.8. The van der Waals surface area contributed by atoms with Crippen LogP contribution in [-0.4, -0.2) is 278 Å². The molecule has 7 aromatic carbocycles. The van der Waals surface area contributed by atoms with Crippen LogP contribution in [-0.2, 0) is 5.41 Å². The van der Waals surface area contributed by atoms with Crippen molar-refractivity contribution in [2.24, 2.45) is 0 Å². The monoisotopic (exact) mass is 1180 g/mol. The molecule has 0 fully saturated rings. The molecule has 1 heterocycles. The van der Waals surface area contributed by atoms with Crippen LogP contribution in [0.2, 0.25) is 5.82 Å². The summed E-state index contributed by atoms with van der Waals surface area (Å²) in [5, 5.41) is 9.69. The first-order valence-corrected chi connectivity index (χ1v) is 35.5. The molecule has 0 amide bonds. The molecule has 0 saturated heterocycles. The summed E-state index contributed by atoms with van der Waals surface area (Å²) in [5.41, 5.74) is 63.2. The number of terminal acetylenes is 1. The Hall–Kier alpha value is -5.32. The van der Waals surface area contributed by atoms with E-state index in [2.05, 4.69) is 277 Å². The van der Waals surface area contributed by atoms with Crippen molar-refractivity contribution in [3.8, 4) is 12.3 Å². The van der Waals surface area contributed by atoms with Gasteiger partial charge < -0.3 is 0 Å². The summed E-state index contributed by atoms with van der Waals surface area (Å²) in [6, 6.07) is -0.153. The summed E-state index contributed by atoms with van der Waals surface area (Å²) in [6.07, 6.45) is 7.17. The van der Waals surface area contributed by atoms with Crippen LogP contribution in [0.3, 0.4) is 0 Å². The molecule has 1 spiro atoms. The minimum absolute atomic E-state index is 0.153. The number of hydrogen-bond donors (Lipinski definition) is 0. The van der Waals surface area contributed by atoms with Gasteiger partial charge in [0.05, 0.1) is 0 Å². The van der Waals surface area contributed by atoms with Crippen LogP contribution < -0.4 is 125 Å². The quantitative estimate of drug-likeness (QED) is 0.0911. The Morgan fingerprint density at radius 2 is 0.832 bits per heavy atom. The van der Waals surface area contributed by atoms with Crippen LogP contribution in [0.4, 0.5) is 5.69 Å². The minimum atomic E-state index is -0.554. The van der Waals surface area contributed by atoms with Crippen molar-refractivity contribution in [2.75, 3.05) is 4.90 Å². The zero-order chi connectivity index (χ0) is 70.2. The van der Waals surface area contributed by atoms with Gasteiger partial charge in [0.25, 0.3) is 0 Å². The normalized spacial score (nSPS) is 19.2. The predicted molar refractivity (Wildman–Crippen MR) is 530 cm³/mol. The average molecular weight is 1180 g/mol. The average Bonchev–Trinajstić information content (AvgIpc) is 1.54. The Labute approximate surface area is 600 Å². The standard InChI is InChI=1S/C60H75B34N/c1-3-7(62)28(65)27(64)6-4-60(23-8(6)31(68)43(80)49(86)40(23)77)24-9(19(59(93)94)25(60)26(63)5(2)61)10(33(70)42(79)41(24)78)21-30(67)17(18-22-39(76)48(85)50(87)53(90)57(22)95(56(18)21)58-54(91)51(88)52(89)55(58)92)20-29(66)11-12(32(69)38(20)75)14-16(37(74)47(84)45(82)35(14)72)15-13(11)34(71)44(81)46(83)36(15)73/h1,54,56,93H,4,61-92,94H2,2H3/b26-5-,27-6-,28-7-. The molecule has 1 nitrogen and oxygen atoms in total. The Morgan fingerprint density at radius 1 is 0.442 bits per heavy atom. The molecule has 35 heteroatoms. The molecular weight excluding hydrogens is 1100 g/mol.